The van der Waals surface area contributed by atoms with Gasteiger partial charge in [-0.25, -0.2) is 0 Å². The van der Waals surface area contributed by atoms with Gasteiger partial charge >= 0.3 is 0 Å². The normalized spacial score (nSPS) is 22.2. The molecule has 1 atom stereocenters. The van der Waals surface area contributed by atoms with E-state index in [9.17, 15) is 9.59 Å². The summed E-state index contributed by atoms with van der Waals surface area (Å²) in [5.74, 6) is 0.178. The van der Waals surface area contributed by atoms with E-state index in [1.54, 1.807) is 4.90 Å². The molecular formula is C19H26N2O2S. The molecule has 0 aliphatic carbocycles. The van der Waals surface area contributed by atoms with E-state index in [1.165, 1.54) is 10.5 Å². The van der Waals surface area contributed by atoms with Gasteiger partial charge < -0.3 is 9.80 Å². The summed E-state index contributed by atoms with van der Waals surface area (Å²) in [5.41, 5.74) is 1.32. The molecule has 1 unspecified atom stereocenters. The second-order valence-corrected chi connectivity index (χ2v) is 8.08. The molecule has 2 heterocycles. The standard InChI is InChI=1S/C19H26N2O2S/c1-3-20-13-15(12-18(20)22)19(23)21-10-8-16(9-11-21)24-17-7-5-4-6-14(17)2/h4-7,15-16H,3,8-13H2,1-2H3. The zero-order valence-corrected chi connectivity index (χ0v) is 15.3. The summed E-state index contributed by atoms with van der Waals surface area (Å²) in [6, 6.07) is 8.49. The fourth-order valence-electron chi connectivity index (χ4n) is 3.56. The summed E-state index contributed by atoms with van der Waals surface area (Å²) < 4.78 is 0. The van der Waals surface area contributed by atoms with Crippen LogP contribution < -0.4 is 0 Å². The Balaban J connectivity index is 1.51. The third-order valence-electron chi connectivity index (χ3n) is 5.09. The number of thioether (sulfide) groups is 1. The SMILES string of the molecule is CCN1CC(C(=O)N2CCC(Sc3ccccc3C)CC2)CC1=O. The first-order valence-electron chi connectivity index (χ1n) is 8.87. The van der Waals surface area contributed by atoms with Crippen LogP contribution in [0.3, 0.4) is 0 Å². The van der Waals surface area contributed by atoms with Crippen LogP contribution in [0.4, 0.5) is 0 Å². The Morgan fingerprint density at radius 1 is 1.25 bits per heavy atom. The molecule has 3 rings (SSSR count). The fourth-order valence-corrected chi connectivity index (χ4v) is 4.78. The van der Waals surface area contributed by atoms with Gasteiger partial charge in [-0.15, -0.1) is 11.8 Å². The van der Waals surface area contributed by atoms with E-state index in [4.69, 9.17) is 0 Å². The van der Waals surface area contributed by atoms with Gasteiger partial charge in [-0.3, -0.25) is 9.59 Å². The molecule has 0 aromatic heterocycles. The number of benzene rings is 1. The van der Waals surface area contributed by atoms with Gasteiger partial charge in [0.05, 0.1) is 5.92 Å². The molecule has 2 aliphatic rings. The Labute approximate surface area is 148 Å². The highest BCUT2D eigenvalue weighted by molar-refractivity contribution is 8.00. The van der Waals surface area contributed by atoms with Crippen molar-refractivity contribution < 1.29 is 9.59 Å². The molecule has 0 N–H and O–H groups in total. The monoisotopic (exact) mass is 346 g/mol. The summed E-state index contributed by atoms with van der Waals surface area (Å²) >= 11 is 1.94. The highest BCUT2D eigenvalue weighted by atomic mass is 32.2. The largest absolute Gasteiger partial charge is 0.342 e. The fraction of sp³-hybridized carbons (Fsp3) is 0.579. The maximum atomic E-state index is 12.7. The molecule has 0 bridgehead atoms. The quantitative estimate of drug-likeness (QED) is 0.842. The molecule has 2 fully saturated rings. The number of carbonyl (C=O) groups is 2. The predicted octanol–water partition coefficient (Wildman–Crippen LogP) is 2.95. The lowest BCUT2D eigenvalue weighted by molar-refractivity contribution is -0.136. The van der Waals surface area contributed by atoms with Gasteiger partial charge in [-0.1, -0.05) is 18.2 Å². The van der Waals surface area contributed by atoms with Crippen LogP contribution >= 0.6 is 11.8 Å². The van der Waals surface area contributed by atoms with E-state index < -0.39 is 0 Å². The molecule has 0 spiro atoms. The molecule has 1 aromatic carbocycles. The number of hydrogen-bond donors (Lipinski definition) is 0. The molecule has 0 radical (unpaired) electrons. The van der Waals surface area contributed by atoms with Crippen molar-refractivity contribution in [3.63, 3.8) is 0 Å². The summed E-state index contributed by atoms with van der Waals surface area (Å²) in [5, 5.41) is 0.576. The first kappa shape index (κ1) is 17.3. The number of amides is 2. The van der Waals surface area contributed by atoms with Crippen molar-refractivity contribution in [1.29, 1.82) is 0 Å². The number of piperidine rings is 1. The Morgan fingerprint density at radius 2 is 1.96 bits per heavy atom. The zero-order chi connectivity index (χ0) is 17.1. The molecule has 2 saturated heterocycles. The second-order valence-electron chi connectivity index (χ2n) is 6.74. The lowest BCUT2D eigenvalue weighted by Crippen LogP contribution is -2.43. The first-order valence-corrected chi connectivity index (χ1v) is 9.75. The third-order valence-corrected chi connectivity index (χ3v) is 6.60. The summed E-state index contributed by atoms with van der Waals surface area (Å²) in [6.07, 6.45) is 2.45. The van der Waals surface area contributed by atoms with Crippen molar-refractivity contribution in [2.24, 2.45) is 5.92 Å². The van der Waals surface area contributed by atoms with Gasteiger partial charge in [-0.2, -0.15) is 0 Å². The highest BCUT2D eigenvalue weighted by Crippen LogP contribution is 2.33. The van der Waals surface area contributed by atoms with Crippen LogP contribution in [0.15, 0.2) is 29.2 Å². The zero-order valence-electron chi connectivity index (χ0n) is 14.5. The molecule has 0 saturated carbocycles. The van der Waals surface area contributed by atoms with E-state index in [0.29, 0.717) is 24.8 Å². The van der Waals surface area contributed by atoms with Crippen LogP contribution in [-0.2, 0) is 9.59 Å². The summed E-state index contributed by atoms with van der Waals surface area (Å²) in [7, 11) is 0. The van der Waals surface area contributed by atoms with Crippen LogP contribution in [0.2, 0.25) is 0 Å². The van der Waals surface area contributed by atoms with Crippen LogP contribution in [-0.4, -0.2) is 53.0 Å². The number of carbonyl (C=O) groups excluding carboxylic acids is 2. The van der Waals surface area contributed by atoms with Gasteiger partial charge in [-0.05, 0) is 38.3 Å². The topological polar surface area (TPSA) is 40.6 Å². The maximum Gasteiger partial charge on any atom is 0.227 e. The highest BCUT2D eigenvalue weighted by Gasteiger charge is 2.36. The number of nitrogens with zero attached hydrogens (tertiary/aromatic N) is 2. The minimum absolute atomic E-state index is 0.126. The summed E-state index contributed by atoms with van der Waals surface area (Å²) in [6.45, 7) is 7.07. The molecule has 5 heteroatoms. The van der Waals surface area contributed by atoms with E-state index in [-0.39, 0.29) is 17.7 Å². The molecule has 2 aliphatic heterocycles. The number of aryl methyl sites for hydroxylation is 1. The lowest BCUT2D eigenvalue weighted by atomic mass is 10.0. The van der Waals surface area contributed by atoms with Gasteiger partial charge in [0, 0.05) is 42.7 Å². The summed E-state index contributed by atoms with van der Waals surface area (Å²) in [4.78, 5) is 29.6. The van der Waals surface area contributed by atoms with E-state index >= 15 is 0 Å². The Hall–Kier alpha value is -1.49. The number of hydrogen-bond acceptors (Lipinski definition) is 3. The molecular weight excluding hydrogens is 320 g/mol. The average Bonchev–Trinajstić information content (AvgIpc) is 2.98. The minimum atomic E-state index is -0.127. The molecule has 4 nitrogen and oxygen atoms in total. The van der Waals surface area contributed by atoms with Gasteiger partial charge in [0.1, 0.15) is 0 Å². The smallest absolute Gasteiger partial charge is 0.227 e. The van der Waals surface area contributed by atoms with Gasteiger partial charge in [0.25, 0.3) is 0 Å². The predicted molar refractivity (Wildman–Crippen MR) is 97.0 cm³/mol. The van der Waals surface area contributed by atoms with Gasteiger partial charge in [0.2, 0.25) is 11.8 Å². The molecule has 1 aromatic rings. The third kappa shape index (κ3) is 3.77. The van der Waals surface area contributed by atoms with Crippen LogP contribution in [0.5, 0.6) is 0 Å². The Morgan fingerprint density at radius 3 is 2.58 bits per heavy atom. The van der Waals surface area contributed by atoms with Gasteiger partial charge in [0.15, 0.2) is 0 Å². The van der Waals surface area contributed by atoms with Crippen molar-refractivity contribution in [2.45, 2.75) is 43.3 Å². The van der Waals surface area contributed by atoms with Crippen molar-refractivity contribution in [2.75, 3.05) is 26.2 Å². The van der Waals surface area contributed by atoms with Crippen molar-refractivity contribution in [3.8, 4) is 0 Å². The average molecular weight is 346 g/mol. The van der Waals surface area contributed by atoms with Crippen molar-refractivity contribution >= 4 is 23.6 Å². The van der Waals surface area contributed by atoms with Crippen LogP contribution in [0.1, 0.15) is 31.7 Å². The molecule has 2 amide bonds. The minimum Gasteiger partial charge on any atom is -0.342 e. The Kier molecular flexibility index (Phi) is 5.49. The molecule has 130 valence electrons. The molecule has 24 heavy (non-hydrogen) atoms. The van der Waals surface area contributed by atoms with Crippen molar-refractivity contribution in [3.05, 3.63) is 29.8 Å². The Bertz CT molecular complexity index is 611. The second kappa shape index (κ2) is 7.60. The van der Waals surface area contributed by atoms with E-state index in [0.717, 1.165) is 25.9 Å². The van der Waals surface area contributed by atoms with E-state index in [2.05, 4.69) is 31.2 Å². The van der Waals surface area contributed by atoms with Crippen molar-refractivity contribution in [1.82, 2.24) is 9.80 Å². The number of likely N-dealkylation sites (tertiary alicyclic amines) is 2. The van der Waals surface area contributed by atoms with E-state index in [1.807, 2.05) is 23.6 Å². The van der Waals surface area contributed by atoms with Crippen LogP contribution in [0, 0.1) is 12.8 Å². The number of rotatable bonds is 4. The maximum absolute atomic E-state index is 12.7. The first-order chi connectivity index (χ1) is 11.6. The van der Waals surface area contributed by atoms with Crippen LogP contribution in [0.25, 0.3) is 0 Å². The lowest BCUT2D eigenvalue weighted by Gasteiger charge is -2.33.